The summed E-state index contributed by atoms with van der Waals surface area (Å²) in [5.41, 5.74) is 1.07. The fourth-order valence-electron chi connectivity index (χ4n) is 1.77. The van der Waals surface area contributed by atoms with E-state index < -0.39 is 11.6 Å². The van der Waals surface area contributed by atoms with Crippen molar-refractivity contribution in [1.29, 1.82) is 0 Å². The van der Waals surface area contributed by atoms with Crippen molar-refractivity contribution < 1.29 is 8.78 Å². The Balaban J connectivity index is 1.92. The lowest BCUT2D eigenvalue weighted by Gasteiger charge is -2.14. The second-order valence-electron chi connectivity index (χ2n) is 4.26. The van der Waals surface area contributed by atoms with Crippen LogP contribution in [0.4, 0.5) is 8.78 Å². The second kappa shape index (κ2) is 5.73. The number of aromatic nitrogens is 2. The first-order chi connectivity index (χ1) is 8.66. The smallest absolute Gasteiger partial charge is 0.129 e. The molecule has 1 atom stereocenters. The average molecular weight is 251 g/mol. The maximum atomic E-state index is 13.4. The van der Waals surface area contributed by atoms with Crippen LogP contribution in [0.3, 0.4) is 0 Å². The molecule has 1 aromatic carbocycles. The first-order valence-corrected chi connectivity index (χ1v) is 5.80. The van der Waals surface area contributed by atoms with E-state index in [0.29, 0.717) is 13.0 Å². The van der Waals surface area contributed by atoms with Gasteiger partial charge in [0.1, 0.15) is 11.6 Å². The lowest BCUT2D eigenvalue weighted by atomic mass is 10.1. The summed E-state index contributed by atoms with van der Waals surface area (Å²) in [6, 6.07) is 3.90. The zero-order chi connectivity index (χ0) is 13.0. The Kier molecular flexibility index (Phi) is 4.04. The summed E-state index contributed by atoms with van der Waals surface area (Å²) in [5, 5.41) is 3.18. The number of hydrogen-bond acceptors (Lipinski definition) is 2. The van der Waals surface area contributed by atoms with E-state index in [1.807, 2.05) is 6.92 Å². The molecule has 0 saturated carbocycles. The minimum absolute atomic E-state index is 0.0281. The van der Waals surface area contributed by atoms with Gasteiger partial charge in [0.15, 0.2) is 0 Å². The summed E-state index contributed by atoms with van der Waals surface area (Å²) >= 11 is 0. The fourth-order valence-corrected chi connectivity index (χ4v) is 1.77. The van der Waals surface area contributed by atoms with Crippen LogP contribution in [-0.4, -0.2) is 16.0 Å². The topological polar surface area (TPSA) is 40.7 Å². The normalized spacial score (nSPS) is 12.6. The molecule has 2 aromatic rings. The van der Waals surface area contributed by atoms with E-state index in [0.717, 1.165) is 5.69 Å². The number of benzene rings is 1. The van der Waals surface area contributed by atoms with Gasteiger partial charge in [-0.3, -0.25) is 0 Å². The summed E-state index contributed by atoms with van der Waals surface area (Å²) in [6.07, 6.45) is 3.62. The van der Waals surface area contributed by atoms with Crippen molar-refractivity contribution in [2.75, 3.05) is 0 Å². The number of nitrogens with one attached hydrogen (secondary N) is 2. The molecule has 3 nitrogen and oxygen atoms in total. The van der Waals surface area contributed by atoms with Crippen LogP contribution >= 0.6 is 0 Å². The lowest BCUT2D eigenvalue weighted by Crippen LogP contribution is -2.28. The molecule has 0 aliphatic rings. The molecular weight excluding hydrogens is 236 g/mol. The predicted octanol–water partition coefficient (Wildman–Crippen LogP) is 2.41. The predicted molar refractivity (Wildman–Crippen MR) is 65.0 cm³/mol. The van der Waals surface area contributed by atoms with Crippen molar-refractivity contribution in [2.24, 2.45) is 0 Å². The Morgan fingerprint density at radius 1 is 1.33 bits per heavy atom. The van der Waals surface area contributed by atoms with E-state index >= 15 is 0 Å². The van der Waals surface area contributed by atoms with Crippen molar-refractivity contribution in [2.45, 2.75) is 25.9 Å². The number of imidazole rings is 1. The summed E-state index contributed by atoms with van der Waals surface area (Å²) in [6.45, 7) is 2.49. The Bertz CT molecular complexity index is 477. The monoisotopic (exact) mass is 251 g/mol. The molecule has 1 aromatic heterocycles. The average Bonchev–Trinajstić information content (AvgIpc) is 2.84. The van der Waals surface area contributed by atoms with Crippen LogP contribution in [0, 0.1) is 11.6 Å². The van der Waals surface area contributed by atoms with Crippen molar-refractivity contribution in [1.82, 2.24) is 15.3 Å². The molecule has 1 unspecified atom stereocenters. The number of H-pyrrole nitrogens is 1. The van der Waals surface area contributed by atoms with Crippen molar-refractivity contribution >= 4 is 0 Å². The quantitative estimate of drug-likeness (QED) is 0.856. The van der Waals surface area contributed by atoms with Crippen molar-refractivity contribution in [3.8, 4) is 0 Å². The molecular formula is C13H15F2N3. The molecule has 0 spiro atoms. The third kappa shape index (κ3) is 3.13. The number of halogens is 2. The van der Waals surface area contributed by atoms with Gasteiger partial charge >= 0.3 is 0 Å². The van der Waals surface area contributed by atoms with Gasteiger partial charge in [0.2, 0.25) is 0 Å². The molecule has 1 heterocycles. The van der Waals surface area contributed by atoms with E-state index in [2.05, 4.69) is 15.3 Å². The molecule has 0 saturated heterocycles. The first kappa shape index (κ1) is 12.7. The minimum Gasteiger partial charge on any atom is -0.347 e. The van der Waals surface area contributed by atoms with Gasteiger partial charge in [-0.05, 0) is 25.5 Å². The van der Waals surface area contributed by atoms with Crippen LogP contribution in [0.1, 0.15) is 18.2 Å². The zero-order valence-corrected chi connectivity index (χ0v) is 10.1. The van der Waals surface area contributed by atoms with E-state index in [1.54, 1.807) is 12.5 Å². The number of nitrogens with zero attached hydrogens (tertiary/aromatic N) is 1. The number of hydrogen-bond donors (Lipinski definition) is 2. The summed E-state index contributed by atoms with van der Waals surface area (Å²) in [4.78, 5) is 6.85. The highest BCUT2D eigenvalue weighted by Gasteiger charge is 2.12. The van der Waals surface area contributed by atoms with Crippen LogP contribution in [0.15, 0.2) is 30.7 Å². The maximum Gasteiger partial charge on any atom is 0.129 e. The number of rotatable bonds is 5. The van der Waals surface area contributed by atoms with Gasteiger partial charge in [-0.15, -0.1) is 0 Å². The van der Waals surface area contributed by atoms with E-state index in [1.165, 1.54) is 18.2 Å². The molecule has 5 heteroatoms. The molecule has 0 amide bonds. The molecule has 0 radical (unpaired) electrons. The van der Waals surface area contributed by atoms with Gasteiger partial charge in [0, 0.05) is 30.0 Å². The largest absolute Gasteiger partial charge is 0.347 e. The fraction of sp³-hybridized carbons (Fsp3) is 0.308. The summed E-state index contributed by atoms with van der Waals surface area (Å²) in [7, 11) is 0. The van der Waals surface area contributed by atoms with Crippen molar-refractivity contribution in [3.05, 3.63) is 53.6 Å². The lowest BCUT2D eigenvalue weighted by molar-refractivity contribution is 0.497. The van der Waals surface area contributed by atoms with Crippen LogP contribution in [-0.2, 0) is 13.0 Å². The molecule has 0 aliphatic heterocycles. The van der Waals surface area contributed by atoms with E-state index in [-0.39, 0.29) is 11.6 Å². The molecule has 0 aliphatic carbocycles. The van der Waals surface area contributed by atoms with Gasteiger partial charge in [-0.25, -0.2) is 13.8 Å². The van der Waals surface area contributed by atoms with Gasteiger partial charge in [-0.2, -0.15) is 0 Å². The van der Waals surface area contributed by atoms with E-state index in [4.69, 9.17) is 0 Å². The van der Waals surface area contributed by atoms with Gasteiger partial charge in [-0.1, -0.05) is 6.07 Å². The highest BCUT2D eigenvalue weighted by molar-refractivity contribution is 5.20. The summed E-state index contributed by atoms with van der Waals surface area (Å²) < 4.78 is 26.9. The maximum absolute atomic E-state index is 13.4. The number of aromatic amines is 1. The van der Waals surface area contributed by atoms with Gasteiger partial charge < -0.3 is 10.3 Å². The Hall–Kier alpha value is -1.75. The highest BCUT2D eigenvalue weighted by atomic mass is 19.1. The van der Waals surface area contributed by atoms with E-state index in [9.17, 15) is 8.78 Å². The minimum atomic E-state index is -0.495. The third-order valence-electron chi connectivity index (χ3n) is 2.77. The van der Waals surface area contributed by atoms with Crippen LogP contribution in [0.2, 0.25) is 0 Å². The van der Waals surface area contributed by atoms with Crippen LogP contribution in [0.5, 0.6) is 0 Å². The zero-order valence-electron chi connectivity index (χ0n) is 10.1. The second-order valence-corrected chi connectivity index (χ2v) is 4.26. The van der Waals surface area contributed by atoms with Crippen LogP contribution < -0.4 is 5.32 Å². The van der Waals surface area contributed by atoms with Gasteiger partial charge in [0.25, 0.3) is 0 Å². The Labute approximate surface area is 104 Å². The molecule has 96 valence electrons. The Morgan fingerprint density at radius 2 is 2.06 bits per heavy atom. The Morgan fingerprint density at radius 3 is 2.67 bits per heavy atom. The molecule has 0 bridgehead atoms. The van der Waals surface area contributed by atoms with Gasteiger partial charge in [0.05, 0.1) is 6.33 Å². The molecule has 2 N–H and O–H groups in total. The van der Waals surface area contributed by atoms with Crippen LogP contribution in [0.25, 0.3) is 0 Å². The molecule has 2 rings (SSSR count). The molecule has 0 fully saturated rings. The SMILES string of the molecule is CC(Cc1c(F)cccc1F)NCc1cnc[nH]1. The standard InChI is InChI=1S/C13H15F2N3/c1-9(17-7-10-6-16-8-18-10)5-11-12(14)3-2-4-13(11)15/h2-4,6,8-9,17H,5,7H2,1H3,(H,16,18). The summed E-state index contributed by atoms with van der Waals surface area (Å²) in [5.74, 6) is -0.990. The third-order valence-corrected chi connectivity index (χ3v) is 2.77. The van der Waals surface area contributed by atoms with Crippen molar-refractivity contribution in [3.63, 3.8) is 0 Å². The highest BCUT2D eigenvalue weighted by Crippen LogP contribution is 2.14. The molecule has 18 heavy (non-hydrogen) atoms. The first-order valence-electron chi connectivity index (χ1n) is 5.80.